The summed E-state index contributed by atoms with van der Waals surface area (Å²) in [5.41, 5.74) is 1.34. The topological polar surface area (TPSA) is 87.7 Å². The van der Waals surface area contributed by atoms with Crippen LogP contribution in [-0.2, 0) is 9.59 Å². The molecule has 0 atom stereocenters. The van der Waals surface area contributed by atoms with E-state index < -0.39 is 5.91 Å². The number of anilines is 2. The lowest BCUT2D eigenvalue weighted by atomic mass is 10.1. The summed E-state index contributed by atoms with van der Waals surface area (Å²) >= 11 is 0. The van der Waals surface area contributed by atoms with E-state index in [0.29, 0.717) is 35.2 Å². The van der Waals surface area contributed by atoms with Crippen molar-refractivity contribution in [2.45, 2.75) is 13.8 Å². The van der Waals surface area contributed by atoms with Gasteiger partial charge in [-0.05, 0) is 30.2 Å². The normalized spacial score (nSPS) is 13.0. The van der Waals surface area contributed by atoms with Crippen molar-refractivity contribution >= 4 is 29.1 Å². The molecule has 7 nitrogen and oxygen atoms in total. The second-order valence-electron chi connectivity index (χ2n) is 6.93. The van der Waals surface area contributed by atoms with E-state index >= 15 is 0 Å². The van der Waals surface area contributed by atoms with Gasteiger partial charge in [0.1, 0.15) is 12.3 Å². The molecule has 2 aromatic carbocycles. The molecule has 2 aromatic rings. The van der Waals surface area contributed by atoms with E-state index in [0.717, 1.165) is 0 Å². The second kappa shape index (κ2) is 8.56. The average molecular weight is 381 g/mol. The fourth-order valence-corrected chi connectivity index (χ4v) is 2.84. The van der Waals surface area contributed by atoms with Gasteiger partial charge in [0.2, 0.25) is 5.91 Å². The van der Waals surface area contributed by atoms with Gasteiger partial charge in [-0.15, -0.1) is 0 Å². The standard InChI is InChI=1S/C21H23N3O4/c1-14(2)11-22-21(27)15-7-3-4-8-16(15)23-19(25)12-24-17-9-5-6-10-18(17)28-13-20(24)26/h3-10,14H,11-13H2,1-2H3,(H,22,27)(H,23,25). The largest absolute Gasteiger partial charge is 0.482 e. The van der Waals surface area contributed by atoms with E-state index in [-0.39, 0.29) is 25.0 Å². The maximum Gasteiger partial charge on any atom is 0.265 e. The maximum atomic E-state index is 12.6. The van der Waals surface area contributed by atoms with Crippen LogP contribution in [0.2, 0.25) is 0 Å². The fourth-order valence-electron chi connectivity index (χ4n) is 2.84. The zero-order valence-corrected chi connectivity index (χ0v) is 15.9. The highest BCUT2D eigenvalue weighted by Crippen LogP contribution is 2.31. The van der Waals surface area contributed by atoms with E-state index in [4.69, 9.17) is 4.74 Å². The number of carbonyl (C=O) groups excluding carboxylic acids is 3. The number of para-hydroxylation sites is 3. The number of hydrogen-bond acceptors (Lipinski definition) is 4. The highest BCUT2D eigenvalue weighted by atomic mass is 16.5. The first-order chi connectivity index (χ1) is 13.5. The predicted molar refractivity (Wildman–Crippen MR) is 107 cm³/mol. The third-order valence-corrected chi connectivity index (χ3v) is 4.23. The molecule has 0 unspecified atom stereocenters. The average Bonchev–Trinajstić information content (AvgIpc) is 2.68. The Balaban J connectivity index is 1.72. The van der Waals surface area contributed by atoms with Gasteiger partial charge >= 0.3 is 0 Å². The van der Waals surface area contributed by atoms with Crippen LogP contribution in [0.4, 0.5) is 11.4 Å². The molecule has 2 N–H and O–H groups in total. The lowest BCUT2D eigenvalue weighted by Crippen LogP contribution is -2.43. The van der Waals surface area contributed by atoms with Gasteiger partial charge in [0.15, 0.2) is 6.61 Å². The Morgan fingerprint density at radius 2 is 1.82 bits per heavy atom. The Morgan fingerprint density at radius 1 is 1.11 bits per heavy atom. The van der Waals surface area contributed by atoms with Crippen LogP contribution in [-0.4, -0.2) is 37.4 Å². The van der Waals surface area contributed by atoms with Crippen LogP contribution in [0.5, 0.6) is 5.75 Å². The summed E-state index contributed by atoms with van der Waals surface area (Å²) in [5.74, 6) is -0.0650. The highest BCUT2D eigenvalue weighted by molar-refractivity contribution is 6.07. The first kappa shape index (κ1) is 19.4. The van der Waals surface area contributed by atoms with Gasteiger partial charge in [-0.2, -0.15) is 0 Å². The van der Waals surface area contributed by atoms with Crippen molar-refractivity contribution in [1.29, 1.82) is 0 Å². The molecule has 0 fully saturated rings. The van der Waals surface area contributed by atoms with Crippen LogP contribution in [0.3, 0.4) is 0 Å². The first-order valence-electron chi connectivity index (χ1n) is 9.15. The summed E-state index contributed by atoms with van der Waals surface area (Å²) in [6.07, 6.45) is 0. The van der Waals surface area contributed by atoms with Crippen LogP contribution in [0.1, 0.15) is 24.2 Å². The summed E-state index contributed by atoms with van der Waals surface area (Å²) in [5, 5.41) is 5.59. The van der Waals surface area contributed by atoms with Crippen LogP contribution < -0.4 is 20.3 Å². The molecule has 28 heavy (non-hydrogen) atoms. The van der Waals surface area contributed by atoms with Crippen LogP contribution in [0.15, 0.2) is 48.5 Å². The van der Waals surface area contributed by atoms with Crippen molar-refractivity contribution in [3.8, 4) is 5.75 Å². The molecule has 1 heterocycles. The summed E-state index contributed by atoms with van der Waals surface area (Å²) in [6, 6.07) is 13.9. The van der Waals surface area contributed by atoms with Crippen molar-refractivity contribution in [2.24, 2.45) is 5.92 Å². The second-order valence-corrected chi connectivity index (χ2v) is 6.93. The van der Waals surface area contributed by atoms with Gasteiger partial charge in [-0.3, -0.25) is 19.3 Å². The maximum absolute atomic E-state index is 12.6. The Kier molecular flexibility index (Phi) is 5.93. The first-order valence-corrected chi connectivity index (χ1v) is 9.15. The van der Waals surface area contributed by atoms with Crippen LogP contribution in [0.25, 0.3) is 0 Å². The van der Waals surface area contributed by atoms with E-state index in [1.165, 1.54) is 4.90 Å². The Hall–Kier alpha value is -3.35. The van der Waals surface area contributed by atoms with Gasteiger partial charge in [-0.1, -0.05) is 38.1 Å². The predicted octanol–water partition coefficient (Wildman–Crippen LogP) is 2.44. The summed E-state index contributed by atoms with van der Waals surface area (Å²) in [7, 11) is 0. The zero-order chi connectivity index (χ0) is 20.1. The lowest BCUT2D eigenvalue weighted by molar-refractivity contribution is -0.123. The Bertz CT molecular complexity index is 895. The third kappa shape index (κ3) is 4.49. The molecule has 146 valence electrons. The van der Waals surface area contributed by atoms with Gasteiger partial charge in [0, 0.05) is 6.54 Å². The molecule has 3 rings (SSSR count). The smallest absolute Gasteiger partial charge is 0.265 e. The van der Waals surface area contributed by atoms with E-state index in [1.807, 2.05) is 13.8 Å². The molecule has 0 spiro atoms. The molecule has 1 aliphatic heterocycles. The SMILES string of the molecule is CC(C)CNC(=O)c1ccccc1NC(=O)CN1C(=O)COc2ccccc21. The van der Waals surface area contributed by atoms with Gasteiger partial charge in [0.05, 0.1) is 16.9 Å². The number of carbonyl (C=O) groups is 3. The molecular formula is C21H23N3O4. The molecule has 0 radical (unpaired) electrons. The molecule has 0 bridgehead atoms. The number of nitrogens with zero attached hydrogens (tertiary/aromatic N) is 1. The quantitative estimate of drug-likeness (QED) is 0.805. The lowest BCUT2D eigenvalue weighted by Gasteiger charge is -2.28. The van der Waals surface area contributed by atoms with Crippen molar-refractivity contribution in [3.63, 3.8) is 0 Å². The molecule has 0 aliphatic carbocycles. The van der Waals surface area contributed by atoms with Gasteiger partial charge in [0.25, 0.3) is 11.8 Å². The number of nitrogens with one attached hydrogen (secondary N) is 2. The van der Waals surface area contributed by atoms with Crippen LogP contribution in [0, 0.1) is 5.92 Å². The Morgan fingerprint density at radius 3 is 2.61 bits per heavy atom. The molecular weight excluding hydrogens is 358 g/mol. The molecule has 3 amide bonds. The third-order valence-electron chi connectivity index (χ3n) is 4.23. The molecule has 1 aliphatic rings. The van der Waals surface area contributed by atoms with E-state index in [2.05, 4.69) is 10.6 Å². The van der Waals surface area contributed by atoms with Crippen molar-refractivity contribution < 1.29 is 19.1 Å². The number of ether oxygens (including phenoxy) is 1. The van der Waals surface area contributed by atoms with E-state index in [1.54, 1.807) is 48.5 Å². The Labute approximate surface area is 163 Å². The van der Waals surface area contributed by atoms with Crippen molar-refractivity contribution in [1.82, 2.24) is 5.32 Å². The molecule has 0 saturated heterocycles. The minimum absolute atomic E-state index is 0.113. The number of rotatable bonds is 6. The molecule has 7 heteroatoms. The molecule has 0 saturated carbocycles. The van der Waals surface area contributed by atoms with Crippen molar-refractivity contribution in [2.75, 3.05) is 29.9 Å². The molecule has 0 aromatic heterocycles. The van der Waals surface area contributed by atoms with Gasteiger partial charge < -0.3 is 15.4 Å². The number of fused-ring (bicyclic) bond motifs is 1. The number of benzene rings is 2. The minimum Gasteiger partial charge on any atom is -0.482 e. The number of amides is 3. The summed E-state index contributed by atoms with van der Waals surface area (Å²) in [4.78, 5) is 38.6. The monoisotopic (exact) mass is 381 g/mol. The van der Waals surface area contributed by atoms with Gasteiger partial charge in [-0.25, -0.2) is 0 Å². The van der Waals surface area contributed by atoms with Crippen molar-refractivity contribution in [3.05, 3.63) is 54.1 Å². The zero-order valence-electron chi connectivity index (χ0n) is 15.9. The summed E-state index contributed by atoms with van der Waals surface area (Å²) < 4.78 is 5.39. The summed E-state index contributed by atoms with van der Waals surface area (Å²) in [6.45, 7) is 4.27. The van der Waals surface area contributed by atoms with Crippen LogP contribution >= 0.6 is 0 Å². The van der Waals surface area contributed by atoms with E-state index in [9.17, 15) is 14.4 Å². The highest BCUT2D eigenvalue weighted by Gasteiger charge is 2.27. The minimum atomic E-state index is -0.394. The fraction of sp³-hybridized carbons (Fsp3) is 0.286. The number of hydrogen-bond donors (Lipinski definition) is 2.